The zero-order valence-corrected chi connectivity index (χ0v) is 31.5. The Hall–Kier alpha value is -7.75. The molecule has 58 heavy (non-hydrogen) atoms. The Kier molecular flexibility index (Phi) is 7.23. The van der Waals surface area contributed by atoms with Crippen molar-refractivity contribution in [3.05, 3.63) is 212 Å². The van der Waals surface area contributed by atoms with Crippen LogP contribution in [-0.4, -0.2) is 14.0 Å². The van der Waals surface area contributed by atoms with Gasteiger partial charge < -0.3 is 4.40 Å². The van der Waals surface area contributed by atoms with E-state index in [-0.39, 0.29) is 0 Å². The van der Waals surface area contributed by atoms with Gasteiger partial charge in [0.2, 0.25) is 0 Å². The standard InChI is InChI=1S/C55H35N3/c1-3-15-36(16-4-1)38-19-13-21-40(31-38)42-33-48(41-22-14-20-39(32-41)37-17-5-2-6-18-37)56-54(34-42)58-50-28-12-10-26-46(50)55-47-35-53-45-25-8-7-23-43(45)44-24-9-11-27-49(44)57(53)51(47)29-30-52(55)58/h1-35H. The summed E-state index contributed by atoms with van der Waals surface area (Å²) < 4.78 is 4.83. The summed E-state index contributed by atoms with van der Waals surface area (Å²) in [7, 11) is 0. The van der Waals surface area contributed by atoms with Gasteiger partial charge in [-0.3, -0.25) is 4.57 Å². The highest BCUT2D eigenvalue weighted by atomic mass is 15.1. The van der Waals surface area contributed by atoms with Gasteiger partial charge in [0.25, 0.3) is 0 Å². The molecule has 0 saturated heterocycles. The minimum atomic E-state index is 0.882. The van der Waals surface area contributed by atoms with Crippen molar-refractivity contribution in [1.29, 1.82) is 0 Å². The predicted octanol–water partition coefficient (Wildman–Crippen LogP) is 14.6. The van der Waals surface area contributed by atoms with Crippen molar-refractivity contribution in [3.63, 3.8) is 0 Å². The molecular weight excluding hydrogens is 703 g/mol. The Morgan fingerprint density at radius 3 is 1.48 bits per heavy atom. The summed E-state index contributed by atoms with van der Waals surface area (Å²) >= 11 is 0. The Labute approximate surface area is 335 Å². The third-order valence-corrected chi connectivity index (χ3v) is 11.9. The van der Waals surface area contributed by atoms with Gasteiger partial charge in [-0.1, -0.05) is 158 Å². The van der Waals surface area contributed by atoms with Gasteiger partial charge in [0.05, 0.1) is 33.3 Å². The minimum Gasteiger partial charge on any atom is -0.309 e. The van der Waals surface area contributed by atoms with Crippen molar-refractivity contribution in [2.45, 2.75) is 0 Å². The third kappa shape index (κ3) is 5.04. The second-order valence-electron chi connectivity index (χ2n) is 15.2. The van der Waals surface area contributed by atoms with Crippen LogP contribution in [0.15, 0.2) is 212 Å². The monoisotopic (exact) mass is 737 g/mol. The van der Waals surface area contributed by atoms with Crippen LogP contribution in [-0.2, 0) is 0 Å². The van der Waals surface area contributed by atoms with E-state index in [4.69, 9.17) is 4.98 Å². The molecule has 0 bridgehead atoms. The number of fused-ring (bicyclic) bond motifs is 12. The second-order valence-corrected chi connectivity index (χ2v) is 15.2. The van der Waals surface area contributed by atoms with Gasteiger partial charge >= 0.3 is 0 Å². The van der Waals surface area contributed by atoms with Gasteiger partial charge in [-0.2, -0.15) is 0 Å². The average molecular weight is 738 g/mol. The lowest BCUT2D eigenvalue weighted by Crippen LogP contribution is -2.00. The fourth-order valence-electron chi connectivity index (χ4n) is 9.23. The highest BCUT2D eigenvalue weighted by Crippen LogP contribution is 2.42. The maximum atomic E-state index is 5.55. The lowest BCUT2D eigenvalue weighted by molar-refractivity contribution is 1.08. The molecule has 12 rings (SSSR count). The van der Waals surface area contributed by atoms with E-state index < -0.39 is 0 Å². The Morgan fingerprint density at radius 2 is 0.776 bits per heavy atom. The van der Waals surface area contributed by atoms with Crippen molar-refractivity contribution in [2.24, 2.45) is 0 Å². The molecule has 0 aliphatic heterocycles. The summed E-state index contributed by atoms with van der Waals surface area (Å²) in [5.41, 5.74) is 14.9. The number of para-hydroxylation sites is 2. The number of nitrogens with zero attached hydrogens (tertiary/aromatic N) is 3. The summed E-state index contributed by atoms with van der Waals surface area (Å²) in [6.07, 6.45) is 0. The van der Waals surface area contributed by atoms with E-state index in [1.807, 2.05) is 0 Å². The van der Waals surface area contributed by atoms with E-state index in [9.17, 15) is 0 Å². The van der Waals surface area contributed by atoms with Crippen LogP contribution in [0.4, 0.5) is 0 Å². The van der Waals surface area contributed by atoms with Crippen molar-refractivity contribution in [3.8, 4) is 50.5 Å². The van der Waals surface area contributed by atoms with Crippen LogP contribution in [0.3, 0.4) is 0 Å². The summed E-state index contributed by atoms with van der Waals surface area (Å²) in [5.74, 6) is 0.882. The molecule has 3 nitrogen and oxygen atoms in total. The number of rotatable bonds is 5. The SMILES string of the molecule is c1ccc(-c2cccc(-c3cc(-c4cccc(-c5ccccc5)c4)nc(-n4c5ccccc5c5c6cc7c8ccccc8c8ccccc8n7c6ccc54)c3)c2)cc1. The van der Waals surface area contributed by atoms with Gasteiger partial charge in [0, 0.05) is 32.5 Å². The molecule has 12 aromatic rings. The van der Waals surface area contributed by atoms with E-state index in [1.54, 1.807) is 0 Å². The molecule has 270 valence electrons. The molecule has 0 N–H and O–H groups in total. The normalized spacial score (nSPS) is 11.8. The van der Waals surface area contributed by atoms with E-state index in [2.05, 4.69) is 221 Å². The first-order chi connectivity index (χ1) is 28.8. The van der Waals surface area contributed by atoms with E-state index in [0.717, 1.165) is 44.8 Å². The molecular formula is C55H35N3. The molecule has 4 aromatic heterocycles. The maximum absolute atomic E-state index is 5.55. The van der Waals surface area contributed by atoms with Crippen LogP contribution in [0, 0.1) is 0 Å². The van der Waals surface area contributed by atoms with Crippen LogP contribution >= 0.6 is 0 Å². The summed E-state index contributed by atoms with van der Waals surface area (Å²) in [5, 5.41) is 7.45. The number of hydrogen-bond donors (Lipinski definition) is 0. The lowest BCUT2D eigenvalue weighted by atomic mass is 9.97. The van der Waals surface area contributed by atoms with E-state index >= 15 is 0 Å². The van der Waals surface area contributed by atoms with Crippen molar-refractivity contribution in [1.82, 2.24) is 14.0 Å². The van der Waals surface area contributed by atoms with Crippen LogP contribution in [0.1, 0.15) is 0 Å². The molecule has 0 unspecified atom stereocenters. The van der Waals surface area contributed by atoms with Crippen molar-refractivity contribution in [2.75, 3.05) is 0 Å². The first-order valence-electron chi connectivity index (χ1n) is 19.9. The molecule has 0 atom stereocenters. The first-order valence-corrected chi connectivity index (χ1v) is 19.9. The zero-order valence-electron chi connectivity index (χ0n) is 31.5. The van der Waals surface area contributed by atoms with Gasteiger partial charge in [-0.15, -0.1) is 0 Å². The molecule has 3 heteroatoms. The van der Waals surface area contributed by atoms with Gasteiger partial charge in [-0.05, 0) is 93.4 Å². The van der Waals surface area contributed by atoms with Crippen LogP contribution < -0.4 is 0 Å². The topological polar surface area (TPSA) is 22.2 Å². The molecule has 0 spiro atoms. The van der Waals surface area contributed by atoms with Crippen LogP contribution in [0.5, 0.6) is 0 Å². The largest absolute Gasteiger partial charge is 0.309 e. The van der Waals surface area contributed by atoms with Gasteiger partial charge in [0.15, 0.2) is 0 Å². The van der Waals surface area contributed by atoms with E-state index in [1.165, 1.54) is 65.6 Å². The Bertz CT molecular complexity index is 3460. The molecule has 0 aliphatic carbocycles. The molecule has 0 amide bonds. The van der Waals surface area contributed by atoms with E-state index in [0.29, 0.717) is 0 Å². The number of hydrogen-bond acceptors (Lipinski definition) is 1. The predicted molar refractivity (Wildman–Crippen MR) is 244 cm³/mol. The van der Waals surface area contributed by atoms with Gasteiger partial charge in [-0.25, -0.2) is 4.98 Å². The quantitative estimate of drug-likeness (QED) is 0.161. The Morgan fingerprint density at radius 1 is 0.276 bits per heavy atom. The highest BCUT2D eigenvalue weighted by Gasteiger charge is 2.21. The molecule has 0 saturated carbocycles. The van der Waals surface area contributed by atoms with Crippen LogP contribution in [0.25, 0.3) is 110 Å². The molecule has 4 heterocycles. The Balaban J connectivity index is 1.14. The third-order valence-electron chi connectivity index (χ3n) is 11.9. The fraction of sp³-hybridized carbons (Fsp3) is 0. The fourth-order valence-corrected chi connectivity index (χ4v) is 9.23. The first kappa shape index (κ1) is 32.5. The maximum Gasteiger partial charge on any atom is 0.138 e. The molecule has 0 radical (unpaired) electrons. The van der Waals surface area contributed by atoms with Crippen molar-refractivity contribution >= 4 is 59.9 Å². The lowest BCUT2D eigenvalue weighted by Gasteiger charge is -2.14. The summed E-state index contributed by atoms with van der Waals surface area (Å²) in [4.78, 5) is 5.55. The molecule has 8 aromatic carbocycles. The average Bonchev–Trinajstić information content (AvgIpc) is 3.87. The van der Waals surface area contributed by atoms with Crippen molar-refractivity contribution < 1.29 is 0 Å². The number of pyridine rings is 2. The summed E-state index contributed by atoms with van der Waals surface area (Å²) in [6, 6.07) is 76.8. The number of benzene rings is 8. The smallest absolute Gasteiger partial charge is 0.138 e. The van der Waals surface area contributed by atoms with Gasteiger partial charge in [0.1, 0.15) is 5.82 Å². The zero-order chi connectivity index (χ0) is 38.2. The second kappa shape index (κ2) is 12.9. The minimum absolute atomic E-state index is 0.882. The highest BCUT2D eigenvalue weighted by molar-refractivity contribution is 6.25. The molecule has 0 fully saturated rings. The van der Waals surface area contributed by atoms with Crippen LogP contribution in [0.2, 0.25) is 0 Å². The number of aromatic nitrogens is 3. The molecule has 0 aliphatic rings. The summed E-state index contributed by atoms with van der Waals surface area (Å²) in [6.45, 7) is 0.